The summed E-state index contributed by atoms with van der Waals surface area (Å²) in [5.41, 5.74) is 3.88. The van der Waals surface area contributed by atoms with Gasteiger partial charge in [-0.3, -0.25) is 0 Å². The molecule has 0 heterocycles. The van der Waals surface area contributed by atoms with Crippen molar-refractivity contribution in [1.82, 2.24) is 5.32 Å². The number of hydrogen-bond acceptors (Lipinski definition) is 1. The molecule has 0 aliphatic carbocycles. The van der Waals surface area contributed by atoms with Gasteiger partial charge in [0.15, 0.2) is 0 Å². The molecule has 0 spiro atoms. The number of halogens is 1. The number of benzene rings is 1. The molecule has 96 valence electrons. The van der Waals surface area contributed by atoms with Crippen LogP contribution in [0.1, 0.15) is 51.2 Å². The Balaban J connectivity index is 2.79. The second-order valence-electron chi connectivity index (χ2n) is 5.38. The van der Waals surface area contributed by atoms with Crippen molar-refractivity contribution in [3.05, 3.63) is 35.4 Å². The maximum atomic E-state index is 3.40. The molecule has 0 fully saturated rings. The van der Waals surface area contributed by atoms with Gasteiger partial charge in [0.25, 0.3) is 0 Å². The molecular formula is C15H24BrN. The lowest BCUT2D eigenvalue weighted by Crippen LogP contribution is -2.32. The first kappa shape index (κ1) is 14.7. The zero-order valence-electron chi connectivity index (χ0n) is 11.4. The van der Waals surface area contributed by atoms with Crippen molar-refractivity contribution in [2.45, 2.75) is 45.4 Å². The molecule has 0 bridgehead atoms. The van der Waals surface area contributed by atoms with E-state index in [0.717, 1.165) is 12.0 Å². The van der Waals surface area contributed by atoms with Gasteiger partial charge in [-0.1, -0.05) is 67.9 Å². The minimum Gasteiger partial charge on any atom is -0.306 e. The standard InChI is InChI=1S/C15H24BrN/c1-5-12(2)13-6-8-14(9-7-13)15(3,4)10-17-11-16/h6-9,12,17H,5,10-11H2,1-4H3. The summed E-state index contributed by atoms with van der Waals surface area (Å²) in [6.45, 7) is 10.1. The van der Waals surface area contributed by atoms with Crippen molar-refractivity contribution >= 4 is 15.9 Å². The average Bonchev–Trinajstić information content (AvgIpc) is 2.35. The van der Waals surface area contributed by atoms with Crippen molar-refractivity contribution in [2.24, 2.45) is 0 Å². The smallest absolute Gasteiger partial charge is 0.0517 e. The van der Waals surface area contributed by atoms with Gasteiger partial charge in [-0.15, -0.1) is 0 Å². The lowest BCUT2D eigenvalue weighted by Gasteiger charge is -2.26. The Morgan fingerprint density at radius 1 is 1.24 bits per heavy atom. The first-order chi connectivity index (χ1) is 8.01. The fourth-order valence-corrected chi connectivity index (χ4v) is 2.16. The highest BCUT2D eigenvalue weighted by Crippen LogP contribution is 2.25. The van der Waals surface area contributed by atoms with Gasteiger partial charge in [0.05, 0.1) is 5.45 Å². The summed E-state index contributed by atoms with van der Waals surface area (Å²) in [6.07, 6.45) is 1.20. The first-order valence-corrected chi connectivity index (χ1v) is 7.50. The average molecular weight is 298 g/mol. The molecule has 0 aromatic heterocycles. The summed E-state index contributed by atoms with van der Waals surface area (Å²) < 4.78 is 0. The predicted octanol–water partition coefficient (Wildman–Crippen LogP) is 4.42. The molecule has 17 heavy (non-hydrogen) atoms. The third-order valence-electron chi connectivity index (χ3n) is 3.53. The van der Waals surface area contributed by atoms with E-state index in [1.54, 1.807) is 0 Å². The quantitative estimate of drug-likeness (QED) is 0.605. The number of alkyl halides is 1. The summed E-state index contributed by atoms with van der Waals surface area (Å²) >= 11 is 3.40. The monoisotopic (exact) mass is 297 g/mol. The van der Waals surface area contributed by atoms with Crippen molar-refractivity contribution in [3.8, 4) is 0 Å². The SMILES string of the molecule is CCC(C)c1ccc(C(C)(C)CNCBr)cc1. The molecule has 1 atom stereocenters. The van der Waals surface area contributed by atoms with Crippen LogP contribution in [0.3, 0.4) is 0 Å². The third-order valence-corrected chi connectivity index (χ3v) is 3.93. The van der Waals surface area contributed by atoms with Crippen molar-refractivity contribution in [1.29, 1.82) is 0 Å². The van der Waals surface area contributed by atoms with Gasteiger partial charge in [-0.05, 0) is 23.5 Å². The summed E-state index contributed by atoms with van der Waals surface area (Å²) in [6, 6.07) is 9.10. The van der Waals surface area contributed by atoms with Gasteiger partial charge in [-0.25, -0.2) is 0 Å². The molecule has 2 heteroatoms. The highest BCUT2D eigenvalue weighted by atomic mass is 79.9. The molecule has 1 rings (SSSR count). The number of rotatable bonds is 6. The summed E-state index contributed by atoms with van der Waals surface area (Å²) in [5.74, 6) is 0.660. The molecule has 1 unspecified atom stereocenters. The molecule has 0 radical (unpaired) electrons. The fraction of sp³-hybridized carbons (Fsp3) is 0.600. The van der Waals surface area contributed by atoms with E-state index in [9.17, 15) is 0 Å². The maximum Gasteiger partial charge on any atom is 0.0517 e. The van der Waals surface area contributed by atoms with Crippen molar-refractivity contribution < 1.29 is 0 Å². The van der Waals surface area contributed by atoms with Gasteiger partial charge in [0.2, 0.25) is 0 Å². The molecule has 0 saturated carbocycles. The normalized spacial score (nSPS) is 13.7. The molecule has 0 saturated heterocycles. The van der Waals surface area contributed by atoms with Gasteiger partial charge < -0.3 is 5.32 Å². The number of hydrogen-bond donors (Lipinski definition) is 1. The van der Waals surface area contributed by atoms with E-state index in [2.05, 4.69) is 73.2 Å². The van der Waals surface area contributed by atoms with Crippen LogP contribution in [0.4, 0.5) is 0 Å². The topological polar surface area (TPSA) is 12.0 Å². The molecule has 1 N–H and O–H groups in total. The molecule has 0 aliphatic heterocycles. The Hall–Kier alpha value is -0.340. The van der Waals surface area contributed by atoms with Gasteiger partial charge in [0.1, 0.15) is 0 Å². The van der Waals surface area contributed by atoms with Crippen LogP contribution < -0.4 is 5.32 Å². The maximum absolute atomic E-state index is 3.40. The lowest BCUT2D eigenvalue weighted by molar-refractivity contribution is 0.491. The Bertz CT molecular complexity index is 329. The fourth-order valence-electron chi connectivity index (χ4n) is 1.96. The molecule has 0 amide bonds. The lowest BCUT2D eigenvalue weighted by atomic mass is 9.83. The van der Waals surface area contributed by atoms with Crippen LogP contribution in [-0.4, -0.2) is 12.0 Å². The highest BCUT2D eigenvalue weighted by molar-refractivity contribution is 9.09. The molecule has 1 aromatic rings. The van der Waals surface area contributed by atoms with Crippen molar-refractivity contribution in [2.75, 3.05) is 12.0 Å². The molecule has 1 nitrogen and oxygen atoms in total. The van der Waals surface area contributed by atoms with E-state index in [-0.39, 0.29) is 5.41 Å². The Morgan fingerprint density at radius 2 is 1.82 bits per heavy atom. The minimum atomic E-state index is 0.182. The van der Waals surface area contributed by atoms with Gasteiger partial charge in [-0.2, -0.15) is 0 Å². The van der Waals surface area contributed by atoms with E-state index in [1.165, 1.54) is 17.5 Å². The highest BCUT2D eigenvalue weighted by Gasteiger charge is 2.19. The van der Waals surface area contributed by atoms with Gasteiger partial charge >= 0.3 is 0 Å². The van der Waals surface area contributed by atoms with E-state index in [4.69, 9.17) is 0 Å². The first-order valence-electron chi connectivity index (χ1n) is 6.38. The predicted molar refractivity (Wildman–Crippen MR) is 80.0 cm³/mol. The summed E-state index contributed by atoms with van der Waals surface area (Å²) in [5, 5.41) is 3.35. The minimum absolute atomic E-state index is 0.182. The molecular weight excluding hydrogens is 274 g/mol. The second-order valence-corrected chi connectivity index (χ2v) is 5.94. The Morgan fingerprint density at radius 3 is 2.29 bits per heavy atom. The van der Waals surface area contributed by atoms with E-state index in [1.807, 2.05) is 0 Å². The van der Waals surface area contributed by atoms with E-state index < -0.39 is 0 Å². The Labute approximate surface area is 114 Å². The van der Waals surface area contributed by atoms with Crippen LogP contribution in [0.5, 0.6) is 0 Å². The van der Waals surface area contributed by atoms with Crippen LogP contribution in [0.25, 0.3) is 0 Å². The zero-order chi connectivity index (χ0) is 12.9. The van der Waals surface area contributed by atoms with E-state index in [0.29, 0.717) is 5.92 Å². The molecule has 0 aliphatic rings. The third kappa shape index (κ3) is 4.11. The Kier molecular flexibility index (Phi) is 5.68. The number of nitrogens with one attached hydrogen (secondary N) is 1. The van der Waals surface area contributed by atoms with Crippen molar-refractivity contribution in [3.63, 3.8) is 0 Å². The van der Waals surface area contributed by atoms with Crippen LogP contribution in [0, 0.1) is 0 Å². The zero-order valence-corrected chi connectivity index (χ0v) is 13.0. The van der Waals surface area contributed by atoms with Crippen LogP contribution >= 0.6 is 15.9 Å². The van der Waals surface area contributed by atoms with Crippen LogP contribution in [0.2, 0.25) is 0 Å². The second kappa shape index (κ2) is 6.55. The summed E-state index contributed by atoms with van der Waals surface area (Å²) in [7, 11) is 0. The largest absolute Gasteiger partial charge is 0.306 e. The molecule has 1 aromatic carbocycles. The van der Waals surface area contributed by atoms with E-state index >= 15 is 0 Å². The van der Waals surface area contributed by atoms with Crippen LogP contribution in [0.15, 0.2) is 24.3 Å². The van der Waals surface area contributed by atoms with Crippen LogP contribution in [-0.2, 0) is 5.41 Å². The summed E-state index contributed by atoms with van der Waals surface area (Å²) in [4.78, 5) is 0. The van der Waals surface area contributed by atoms with Gasteiger partial charge in [0, 0.05) is 12.0 Å².